The molecule has 0 aromatic heterocycles. The van der Waals surface area contributed by atoms with Crippen molar-refractivity contribution in [1.29, 1.82) is 0 Å². The second-order valence-corrected chi connectivity index (χ2v) is 7.96. The average molecular weight is 385 g/mol. The minimum absolute atomic E-state index is 0.135. The zero-order chi connectivity index (χ0) is 20.4. The van der Waals surface area contributed by atoms with Crippen LogP contribution in [0.15, 0.2) is 24.3 Å². The van der Waals surface area contributed by atoms with Gasteiger partial charge in [0, 0.05) is 12.0 Å². The van der Waals surface area contributed by atoms with Crippen molar-refractivity contribution in [2.45, 2.75) is 90.9 Å². The van der Waals surface area contributed by atoms with Crippen LogP contribution >= 0.6 is 0 Å². The fourth-order valence-corrected chi connectivity index (χ4v) is 3.84. The van der Waals surface area contributed by atoms with Gasteiger partial charge in [-0.3, -0.25) is 4.79 Å². The number of aryl methyl sites for hydroxylation is 1. The van der Waals surface area contributed by atoms with E-state index in [4.69, 9.17) is 0 Å². The minimum Gasteiger partial charge on any atom is -0.504 e. The fraction of sp³-hybridized carbons (Fsp3) is 0.560. The average Bonchev–Trinajstić information content (AvgIpc) is 2.67. The normalized spacial score (nSPS) is 11.2. The highest BCUT2D eigenvalue weighted by Gasteiger charge is 2.14. The van der Waals surface area contributed by atoms with Crippen LogP contribution in [0, 0.1) is 0 Å². The summed E-state index contributed by atoms with van der Waals surface area (Å²) >= 11 is 0. The highest BCUT2D eigenvalue weighted by Crippen LogP contribution is 2.33. The van der Waals surface area contributed by atoms with Gasteiger partial charge in [0.2, 0.25) is 0 Å². The first kappa shape index (κ1) is 22.3. The van der Waals surface area contributed by atoms with Crippen LogP contribution in [-0.4, -0.2) is 16.0 Å². The number of carbonyl (C=O) groups is 1. The van der Waals surface area contributed by atoms with Gasteiger partial charge in [-0.25, -0.2) is 0 Å². The fourth-order valence-electron chi connectivity index (χ4n) is 3.84. The second kappa shape index (κ2) is 11.7. The van der Waals surface area contributed by atoms with Crippen LogP contribution in [-0.2, 0) is 6.42 Å². The second-order valence-electron chi connectivity index (χ2n) is 7.96. The lowest BCUT2D eigenvalue weighted by Crippen LogP contribution is -2.02. The van der Waals surface area contributed by atoms with Crippen LogP contribution in [0.2, 0.25) is 0 Å². The molecule has 0 spiro atoms. The van der Waals surface area contributed by atoms with Gasteiger partial charge in [-0.1, -0.05) is 77.7 Å². The van der Waals surface area contributed by atoms with E-state index >= 15 is 0 Å². The van der Waals surface area contributed by atoms with Crippen LogP contribution in [0.25, 0.3) is 10.8 Å². The van der Waals surface area contributed by atoms with E-state index in [9.17, 15) is 15.0 Å². The summed E-state index contributed by atoms with van der Waals surface area (Å²) in [4.78, 5) is 12.9. The lowest BCUT2D eigenvalue weighted by atomic mass is 9.94. The third-order valence-electron chi connectivity index (χ3n) is 5.45. The molecule has 3 nitrogen and oxygen atoms in total. The molecule has 2 rings (SSSR count). The summed E-state index contributed by atoms with van der Waals surface area (Å²) in [7, 11) is 0. The van der Waals surface area contributed by atoms with Gasteiger partial charge < -0.3 is 10.2 Å². The predicted molar refractivity (Wildman–Crippen MR) is 117 cm³/mol. The Balaban J connectivity index is 1.95. The van der Waals surface area contributed by atoms with E-state index in [0.29, 0.717) is 12.0 Å². The lowest BCUT2D eigenvalue weighted by molar-refractivity contribution is 0.0980. The number of ketones is 1. The van der Waals surface area contributed by atoms with E-state index in [2.05, 4.69) is 13.8 Å². The number of rotatable bonds is 13. The monoisotopic (exact) mass is 384 g/mol. The first-order valence-corrected chi connectivity index (χ1v) is 11.1. The molecule has 0 saturated heterocycles. The molecule has 0 atom stereocenters. The molecule has 0 heterocycles. The Kier molecular flexibility index (Phi) is 9.33. The molecule has 0 radical (unpaired) electrons. The number of fused-ring (bicyclic) bond motifs is 1. The van der Waals surface area contributed by atoms with Crippen molar-refractivity contribution in [2.75, 3.05) is 0 Å². The Morgan fingerprint density at radius 2 is 1.36 bits per heavy atom. The van der Waals surface area contributed by atoms with Gasteiger partial charge in [0.15, 0.2) is 17.3 Å². The molecule has 154 valence electrons. The van der Waals surface area contributed by atoms with Crippen molar-refractivity contribution in [3.63, 3.8) is 0 Å². The highest BCUT2D eigenvalue weighted by atomic mass is 16.3. The first-order chi connectivity index (χ1) is 13.6. The molecule has 28 heavy (non-hydrogen) atoms. The number of aromatic hydroxyl groups is 2. The van der Waals surface area contributed by atoms with Gasteiger partial charge in [-0.05, 0) is 47.4 Å². The molecular weight excluding hydrogens is 348 g/mol. The van der Waals surface area contributed by atoms with Crippen molar-refractivity contribution in [3.8, 4) is 11.5 Å². The van der Waals surface area contributed by atoms with Crippen LogP contribution < -0.4 is 0 Å². The Labute approximate surface area is 169 Å². The summed E-state index contributed by atoms with van der Waals surface area (Å²) in [5, 5.41) is 21.3. The summed E-state index contributed by atoms with van der Waals surface area (Å²) in [5.41, 5.74) is 1.78. The maximum atomic E-state index is 12.9. The molecule has 2 aromatic rings. The standard InChI is InChI=1S/C25H36O3/c1-3-5-6-7-8-9-10-11-12-14-23(26)22-16-19(13-4-2)15-20-17-24(27)25(28)18-21(20)22/h15-18,27-28H,3-14H2,1-2H3. The summed E-state index contributed by atoms with van der Waals surface area (Å²) in [6.07, 6.45) is 13.5. The molecule has 3 heteroatoms. The molecule has 0 aliphatic rings. The van der Waals surface area contributed by atoms with E-state index in [1.807, 2.05) is 12.1 Å². The largest absolute Gasteiger partial charge is 0.504 e. The number of carbonyl (C=O) groups excluding carboxylic acids is 1. The Hall–Kier alpha value is -2.03. The van der Waals surface area contributed by atoms with E-state index in [1.54, 1.807) is 6.07 Å². The molecule has 0 unspecified atom stereocenters. The lowest BCUT2D eigenvalue weighted by Gasteiger charge is -2.11. The van der Waals surface area contributed by atoms with Crippen LogP contribution in [0.3, 0.4) is 0 Å². The van der Waals surface area contributed by atoms with Gasteiger partial charge in [0.1, 0.15) is 0 Å². The Bertz CT molecular complexity index is 764. The number of benzene rings is 2. The number of Topliss-reactive ketones (excluding diaryl/α,β-unsaturated/α-hetero) is 1. The van der Waals surface area contributed by atoms with E-state index in [1.165, 1.54) is 51.0 Å². The van der Waals surface area contributed by atoms with Crippen molar-refractivity contribution >= 4 is 16.6 Å². The summed E-state index contributed by atoms with van der Waals surface area (Å²) in [5.74, 6) is -0.178. The number of unbranched alkanes of at least 4 members (excludes halogenated alkanes) is 8. The van der Waals surface area contributed by atoms with Crippen LogP contribution in [0.4, 0.5) is 0 Å². The number of hydrogen-bond donors (Lipinski definition) is 2. The molecule has 0 fully saturated rings. The molecule has 2 N–H and O–H groups in total. The van der Waals surface area contributed by atoms with E-state index < -0.39 is 0 Å². The highest BCUT2D eigenvalue weighted by molar-refractivity contribution is 6.09. The van der Waals surface area contributed by atoms with Crippen molar-refractivity contribution in [3.05, 3.63) is 35.4 Å². The minimum atomic E-state index is -0.173. The number of phenolic OH excluding ortho intramolecular Hbond substituents is 2. The van der Waals surface area contributed by atoms with E-state index in [0.717, 1.165) is 42.0 Å². The maximum Gasteiger partial charge on any atom is 0.163 e. The van der Waals surface area contributed by atoms with Crippen molar-refractivity contribution in [2.24, 2.45) is 0 Å². The third kappa shape index (κ3) is 6.54. The summed E-state index contributed by atoms with van der Waals surface area (Å²) < 4.78 is 0. The van der Waals surface area contributed by atoms with Crippen LogP contribution in [0.1, 0.15) is 100 Å². The molecule has 0 bridgehead atoms. The molecule has 2 aromatic carbocycles. The SMILES string of the molecule is CCCCCCCCCCCC(=O)c1cc(CCC)cc2cc(O)c(O)cc12. The van der Waals surface area contributed by atoms with Gasteiger partial charge in [-0.15, -0.1) is 0 Å². The van der Waals surface area contributed by atoms with Gasteiger partial charge in [-0.2, -0.15) is 0 Å². The molecule has 0 aliphatic heterocycles. The quantitative estimate of drug-likeness (QED) is 0.216. The topological polar surface area (TPSA) is 57.5 Å². The van der Waals surface area contributed by atoms with Crippen molar-refractivity contribution < 1.29 is 15.0 Å². The van der Waals surface area contributed by atoms with Crippen LogP contribution in [0.5, 0.6) is 11.5 Å². The Morgan fingerprint density at radius 3 is 2.00 bits per heavy atom. The van der Waals surface area contributed by atoms with Crippen molar-refractivity contribution in [1.82, 2.24) is 0 Å². The third-order valence-corrected chi connectivity index (χ3v) is 5.45. The smallest absolute Gasteiger partial charge is 0.163 e. The first-order valence-electron chi connectivity index (χ1n) is 11.1. The zero-order valence-electron chi connectivity index (χ0n) is 17.6. The molecule has 0 aliphatic carbocycles. The van der Waals surface area contributed by atoms with Gasteiger partial charge in [0.05, 0.1) is 0 Å². The molecular formula is C25H36O3. The predicted octanol–water partition coefficient (Wildman–Crippen LogP) is 7.31. The Morgan fingerprint density at radius 1 is 0.750 bits per heavy atom. The number of phenols is 2. The molecule has 0 amide bonds. The van der Waals surface area contributed by atoms with Gasteiger partial charge in [0.25, 0.3) is 0 Å². The summed E-state index contributed by atoms with van der Waals surface area (Å²) in [6.45, 7) is 4.35. The maximum absolute atomic E-state index is 12.9. The molecule has 0 saturated carbocycles. The summed E-state index contributed by atoms with van der Waals surface area (Å²) in [6, 6.07) is 7.05. The van der Waals surface area contributed by atoms with E-state index in [-0.39, 0.29) is 17.3 Å². The van der Waals surface area contributed by atoms with Gasteiger partial charge >= 0.3 is 0 Å². The number of hydrogen-bond acceptors (Lipinski definition) is 3. The zero-order valence-corrected chi connectivity index (χ0v) is 17.6.